The van der Waals surface area contributed by atoms with Gasteiger partial charge in [0.1, 0.15) is 17.0 Å². The average molecular weight is 350 g/mol. The van der Waals surface area contributed by atoms with E-state index in [1.807, 2.05) is 6.92 Å². The molecule has 0 saturated heterocycles. The smallest absolute Gasteiger partial charge is 0.261 e. The summed E-state index contributed by atoms with van der Waals surface area (Å²) in [6.45, 7) is 8.67. The molecule has 0 atom stereocenters. The summed E-state index contributed by atoms with van der Waals surface area (Å²) in [4.78, 5) is 24.9. The molecule has 0 spiro atoms. The van der Waals surface area contributed by atoms with Crippen molar-refractivity contribution in [2.24, 2.45) is 5.92 Å². The number of nitrogens with one attached hydrogen (secondary N) is 2. The highest BCUT2D eigenvalue weighted by atomic mass is 32.1. The molecule has 6 nitrogen and oxygen atoms in total. The van der Waals surface area contributed by atoms with E-state index < -0.39 is 0 Å². The van der Waals surface area contributed by atoms with Gasteiger partial charge in [0, 0.05) is 13.1 Å². The number of carbonyl (C=O) groups is 1. The number of fused-ring (bicyclic) bond motifs is 1. The molecular weight excluding hydrogens is 322 g/mol. The molecule has 1 amide bonds. The molecule has 2 heterocycles. The van der Waals surface area contributed by atoms with Crippen molar-refractivity contribution >= 4 is 33.3 Å². The molecule has 0 fully saturated rings. The van der Waals surface area contributed by atoms with E-state index >= 15 is 0 Å². The van der Waals surface area contributed by atoms with Gasteiger partial charge >= 0.3 is 0 Å². The van der Waals surface area contributed by atoms with E-state index in [2.05, 4.69) is 53.4 Å². The zero-order valence-electron chi connectivity index (χ0n) is 15.1. The highest BCUT2D eigenvalue weighted by Crippen LogP contribution is 2.33. The zero-order chi connectivity index (χ0) is 17.7. The lowest BCUT2D eigenvalue weighted by atomic mass is 10.2. The van der Waals surface area contributed by atoms with Gasteiger partial charge in [-0.2, -0.15) is 0 Å². The van der Waals surface area contributed by atoms with Gasteiger partial charge in [-0.15, -0.1) is 11.3 Å². The molecule has 7 heteroatoms. The van der Waals surface area contributed by atoms with Crippen molar-refractivity contribution in [3.05, 3.63) is 16.8 Å². The Labute approximate surface area is 147 Å². The fourth-order valence-corrected chi connectivity index (χ4v) is 3.47. The first-order valence-corrected chi connectivity index (χ1v) is 9.12. The van der Waals surface area contributed by atoms with Gasteiger partial charge in [0.25, 0.3) is 5.91 Å². The lowest BCUT2D eigenvalue weighted by molar-refractivity contribution is 0.0952. The largest absolute Gasteiger partial charge is 0.369 e. The number of anilines is 1. The number of aromatic nitrogens is 2. The summed E-state index contributed by atoms with van der Waals surface area (Å²) in [5, 5.41) is 7.33. The van der Waals surface area contributed by atoms with Crippen molar-refractivity contribution in [3.63, 3.8) is 0 Å². The average Bonchev–Trinajstić information content (AvgIpc) is 2.87. The second kappa shape index (κ2) is 8.39. The van der Waals surface area contributed by atoms with Crippen LogP contribution in [0, 0.1) is 12.8 Å². The number of hydrogen-bond donors (Lipinski definition) is 2. The van der Waals surface area contributed by atoms with Gasteiger partial charge in [-0.25, -0.2) is 9.97 Å². The number of hydrogen-bond acceptors (Lipinski definition) is 6. The lowest BCUT2D eigenvalue weighted by Crippen LogP contribution is -2.27. The summed E-state index contributed by atoms with van der Waals surface area (Å²) < 4.78 is 0. The van der Waals surface area contributed by atoms with Crippen molar-refractivity contribution < 1.29 is 4.79 Å². The van der Waals surface area contributed by atoms with Crippen LogP contribution in [0.5, 0.6) is 0 Å². The van der Waals surface area contributed by atoms with Crippen LogP contribution in [0.1, 0.15) is 35.5 Å². The van der Waals surface area contributed by atoms with Gasteiger partial charge in [-0.05, 0) is 45.5 Å². The quantitative estimate of drug-likeness (QED) is 0.717. The molecular formula is C17H27N5OS. The fourth-order valence-electron chi connectivity index (χ4n) is 2.40. The molecule has 132 valence electrons. The summed E-state index contributed by atoms with van der Waals surface area (Å²) in [6.07, 6.45) is 2.59. The Bertz CT molecular complexity index is 696. The predicted molar refractivity (Wildman–Crippen MR) is 101 cm³/mol. The Morgan fingerprint density at radius 1 is 1.33 bits per heavy atom. The van der Waals surface area contributed by atoms with Crippen molar-refractivity contribution in [1.82, 2.24) is 20.2 Å². The van der Waals surface area contributed by atoms with Crippen molar-refractivity contribution in [2.45, 2.75) is 27.2 Å². The highest BCUT2D eigenvalue weighted by molar-refractivity contribution is 7.20. The van der Waals surface area contributed by atoms with Crippen LogP contribution in [0.3, 0.4) is 0 Å². The van der Waals surface area contributed by atoms with Gasteiger partial charge < -0.3 is 15.5 Å². The number of carbonyl (C=O) groups excluding carboxylic acids is 1. The number of thiophene rings is 1. The molecule has 0 aliphatic carbocycles. The Morgan fingerprint density at radius 2 is 2.08 bits per heavy atom. The van der Waals surface area contributed by atoms with E-state index in [0.717, 1.165) is 46.0 Å². The summed E-state index contributed by atoms with van der Waals surface area (Å²) in [7, 11) is 4.13. The minimum absolute atomic E-state index is 0.0252. The molecule has 0 bridgehead atoms. The third-order valence-corrected chi connectivity index (χ3v) is 4.88. The predicted octanol–water partition coefficient (Wildman–Crippen LogP) is 2.75. The molecule has 24 heavy (non-hydrogen) atoms. The number of amides is 1. The summed E-state index contributed by atoms with van der Waals surface area (Å²) >= 11 is 1.43. The third kappa shape index (κ3) is 4.64. The van der Waals surface area contributed by atoms with Crippen LogP contribution in [0.15, 0.2) is 6.33 Å². The number of nitrogens with zero attached hydrogens (tertiary/aromatic N) is 3. The summed E-state index contributed by atoms with van der Waals surface area (Å²) in [5.74, 6) is 1.22. The van der Waals surface area contributed by atoms with Gasteiger partial charge in [0.05, 0.1) is 10.3 Å². The van der Waals surface area contributed by atoms with E-state index in [0.29, 0.717) is 12.5 Å². The first-order chi connectivity index (χ1) is 11.4. The SMILES string of the molecule is Cc1c(C(=O)NCC(C)C)sc2ncnc(NCCCN(C)C)c12. The summed E-state index contributed by atoms with van der Waals surface area (Å²) in [6, 6.07) is 0. The van der Waals surface area contributed by atoms with E-state index in [1.54, 1.807) is 6.33 Å². The van der Waals surface area contributed by atoms with Crippen molar-refractivity contribution in [3.8, 4) is 0 Å². The van der Waals surface area contributed by atoms with Gasteiger partial charge in [-0.1, -0.05) is 13.8 Å². The highest BCUT2D eigenvalue weighted by Gasteiger charge is 2.19. The molecule has 0 unspecified atom stereocenters. The van der Waals surface area contributed by atoms with Crippen molar-refractivity contribution in [1.29, 1.82) is 0 Å². The van der Waals surface area contributed by atoms with Crippen LogP contribution in [0.2, 0.25) is 0 Å². The van der Waals surface area contributed by atoms with Crippen molar-refractivity contribution in [2.75, 3.05) is 39.0 Å². The molecule has 0 aliphatic heterocycles. The van der Waals surface area contributed by atoms with E-state index in [4.69, 9.17) is 0 Å². The van der Waals surface area contributed by atoms with Crippen LogP contribution in [0.4, 0.5) is 5.82 Å². The lowest BCUT2D eigenvalue weighted by Gasteiger charge is -2.11. The fraction of sp³-hybridized carbons (Fsp3) is 0.588. The normalized spacial score (nSPS) is 11.5. The van der Waals surface area contributed by atoms with Crippen LogP contribution in [-0.2, 0) is 0 Å². The maximum Gasteiger partial charge on any atom is 0.261 e. The third-order valence-electron chi connectivity index (χ3n) is 3.68. The Morgan fingerprint density at radius 3 is 2.75 bits per heavy atom. The van der Waals surface area contributed by atoms with Crippen LogP contribution >= 0.6 is 11.3 Å². The Kier molecular flexibility index (Phi) is 6.51. The molecule has 0 aromatic carbocycles. The first-order valence-electron chi connectivity index (χ1n) is 8.31. The minimum atomic E-state index is -0.0252. The van der Waals surface area contributed by atoms with Gasteiger partial charge in [0.2, 0.25) is 0 Å². The van der Waals surface area contributed by atoms with Gasteiger partial charge in [0.15, 0.2) is 0 Å². The maximum absolute atomic E-state index is 12.4. The molecule has 2 rings (SSSR count). The van der Waals surface area contributed by atoms with Crippen LogP contribution in [0.25, 0.3) is 10.2 Å². The Balaban J connectivity index is 2.18. The molecule has 0 radical (unpaired) electrons. The first kappa shape index (κ1) is 18.6. The van der Waals surface area contributed by atoms with E-state index in [9.17, 15) is 4.79 Å². The maximum atomic E-state index is 12.4. The van der Waals surface area contributed by atoms with Crippen LogP contribution in [-0.4, -0.2) is 54.5 Å². The van der Waals surface area contributed by atoms with E-state index in [1.165, 1.54) is 11.3 Å². The van der Waals surface area contributed by atoms with Gasteiger partial charge in [-0.3, -0.25) is 4.79 Å². The monoisotopic (exact) mass is 349 g/mol. The minimum Gasteiger partial charge on any atom is -0.369 e. The molecule has 2 N–H and O–H groups in total. The zero-order valence-corrected chi connectivity index (χ0v) is 16.0. The Hall–Kier alpha value is -1.73. The molecule has 0 aliphatic rings. The summed E-state index contributed by atoms with van der Waals surface area (Å²) in [5.41, 5.74) is 0.951. The second-order valence-corrected chi connectivity index (χ2v) is 7.65. The number of rotatable bonds is 8. The van der Waals surface area contributed by atoms with E-state index in [-0.39, 0.29) is 5.91 Å². The molecule has 0 saturated carbocycles. The van der Waals surface area contributed by atoms with Crippen LogP contribution < -0.4 is 10.6 Å². The molecule has 2 aromatic heterocycles. The topological polar surface area (TPSA) is 70.1 Å². The standard InChI is InChI=1S/C17H27N5OS/c1-11(2)9-19-16(23)14-12(3)13-15(18-7-6-8-22(4)5)20-10-21-17(13)24-14/h10-11H,6-9H2,1-5H3,(H,19,23)(H,18,20,21). The number of aryl methyl sites for hydroxylation is 1. The molecule has 2 aromatic rings. The second-order valence-electron chi connectivity index (χ2n) is 6.65.